The number of ketones is 1. The third-order valence-corrected chi connectivity index (χ3v) is 5.81. The topological polar surface area (TPSA) is 208 Å². The highest BCUT2D eigenvalue weighted by Gasteiger charge is 2.33. The Balaban J connectivity index is 0. The van der Waals surface area contributed by atoms with Crippen LogP contribution in [0.1, 0.15) is 96.8 Å². The summed E-state index contributed by atoms with van der Waals surface area (Å²) >= 11 is 0. The molecule has 0 spiro atoms. The molecule has 0 aliphatic rings. The Kier molecular flexibility index (Phi) is 24.8. The zero-order valence-electron chi connectivity index (χ0n) is 21.5. The van der Waals surface area contributed by atoms with Gasteiger partial charge in [0.2, 0.25) is 0 Å². The van der Waals surface area contributed by atoms with Gasteiger partial charge in [0.25, 0.3) is 0 Å². The molecule has 0 rings (SSSR count). The van der Waals surface area contributed by atoms with E-state index in [-0.39, 0.29) is 6.42 Å². The van der Waals surface area contributed by atoms with Crippen LogP contribution in [0.25, 0.3) is 0 Å². The molecule has 11 nitrogen and oxygen atoms in total. The summed E-state index contributed by atoms with van der Waals surface area (Å²) in [5.74, 6) is -1.78. The number of phosphoric ester groups is 1. The highest BCUT2D eigenvalue weighted by atomic mass is 31.2. The SMILES string of the molecule is CCCCCCCC/C=C\CCCCCCCC(=O)C(OP(=O)(O)O)C(O)CO.NC(CO)C(=O)O. The third kappa shape index (κ3) is 24.5. The summed E-state index contributed by atoms with van der Waals surface area (Å²) in [5, 5.41) is 34.3. The van der Waals surface area contributed by atoms with Gasteiger partial charge in [-0.25, -0.2) is 4.57 Å². The molecule has 0 aromatic heterocycles. The number of carboxylic acids is 1. The summed E-state index contributed by atoms with van der Waals surface area (Å²) in [5.41, 5.74) is 4.77. The van der Waals surface area contributed by atoms with Crippen molar-refractivity contribution in [2.75, 3.05) is 13.2 Å². The van der Waals surface area contributed by atoms with Crippen LogP contribution in [0.3, 0.4) is 0 Å². The predicted molar refractivity (Wildman–Crippen MR) is 137 cm³/mol. The lowest BCUT2D eigenvalue weighted by Gasteiger charge is -2.20. The van der Waals surface area contributed by atoms with Crippen LogP contribution in [0, 0.1) is 0 Å². The second-order valence-electron chi connectivity index (χ2n) is 8.69. The number of carbonyl (C=O) groups is 2. The standard InChI is InChI=1S/C21H41O7P.C3H7NO3/c1-2-3-4-5-6-7-8-9-10-11-12-13-14-15-16-17-19(23)21(20(24)18-22)28-29(25,26)27;4-2(1-5)3(6)7/h9-10,20-22,24H,2-8,11-18H2,1H3,(H2,25,26,27);2,5H,1,4H2,(H,6,7)/b10-9-;. The van der Waals surface area contributed by atoms with E-state index in [4.69, 9.17) is 30.8 Å². The van der Waals surface area contributed by atoms with E-state index in [2.05, 4.69) is 23.6 Å². The van der Waals surface area contributed by atoms with E-state index in [1.165, 1.54) is 38.5 Å². The van der Waals surface area contributed by atoms with Gasteiger partial charge in [0, 0.05) is 6.42 Å². The molecule has 0 bridgehead atoms. The molecule has 3 unspecified atom stereocenters. The minimum absolute atomic E-state index is 0.0554. The number of Topliss-reactive ketones (excluding diaryl/α,β-unsaturated/α-hetero) is 1. The molecule has 0 aromatic carbocycles. The molecule has 0 saturated heterocycles. The van der Waals surface area contributed by atoms with Crippen molar-refractivity contribution in [3.8, 4) is 0 Å². The molecular formula is C24H48NO10P. The van der Waals surface area contributed by atoms with Crippen molar-refractivity contribution < 1.29 is 48.9 Å². The molecule has 12 heteroatoms. The zero-order chi connectivity index (χ0) is 27.8. The highest BCUT2D eigenvalue weighted by Crippen LogP contribution is 2.38. The number of rotatable bonds is 22. The summed E-state index contributed by atoms with van der Waals surface area (Å²) in [4.78, 5) is 39.3. The van der Waals surface area contributed by atoms with Crippen LogP contribution < -0.4 is 5.73 Å². The number of hydrogen-bond donors (Lipinski definition) is 7. The molecule has 0 saturated carbocycles. The number of unbranched alkanes of at least 4 members (excludes halogenated alkanes) is 11. The minimum atomic E-state index is -4.92. The molecule has 0 radical (unpaired) electrons. The molecule has 0 fully saturated rings. The maximum Gasteiger partial charge on any atom is 0.470 e. The van der Waals surface area contributed by atoms with Gasteiger partial charge in [-0.2, -0.15) is 0 Å². The maximum atomic E-state index is 12.0. The van der Waals surface area contributed by atoms with Gasteiger partial charge in [-0.3, -0.25) is 14.1 Å². The fourth-order valence-corrected chi connectivity index (χ4v) is 3.73. The van der Waals surface area contributed by atoms with Gasteiger partial charge in [-0.1, -0.05) is 70.4 Å². The van der Waals surface area contributed by atoms with Gasteiger partial charge in [-0.05, 0) is 32.1 Å². The number of nitrogens with two attached hydrogens (primary N) is 1. The van der Waals surface area contributed by atoms with E-state index in [0.29, 0.717) is 6.42 Å². The Morgan fingerprint density at radius 1 is 0.861 bits per heavy atom. The first kappa shape index (κ1) is 37.0. The van der Waals surface area contributed by atoms with E-state index >= 15 is 0 Å². The zero-order valence-corrected chi connectivity index (χ0v) is 22.4. The van der Waals surface area contributed by atoms with E-state index in [1.54, 1.807) is 0 Å². The van der Waals surface area contributed by atoms with Crippen molar-refractivity contribution in [1.82, 2.24) is 0 Å². The van der Waals surface area contributed by atoms with Crippen molar-refractivity contribution in [1.29, 1.82) is 0 Å². The molecule has 3 atom stereocenters. The van der Waals surface area contributed by atoms with Crippen molar-refractivity contribution in [2.45, 2.75) is 115 Å². The minimum Gasteiger partial charge on any atom is -0.480 e. The average molecular weight is 542 g/mol. The van der Waals surface area contributed by atoms with Crippen molar-refractivity contribution in [3.05, 3.63) is 12.2 Å². The molecule has 0 aliphatic heterocycles. The monoisotopic (exact) mass is 541 g/mol. The van der Waals surface area contributed by atoms with Gasteiger partial charge in [-0.15, -0.1) is 0 Å². The van der Waals surface area contributed by atoms with Gasteiger partial charge >= 0.3 is 13.8 Å². The number of allylic oxidation sites excluding steroid dienone is 2. The van der Waals surface area contributed by atoms with Crippen LogP contribution in [0.2, 0.25) is 0 Å². The van der Waals surface area contributed by atoms with E-state index in [1.807, 2.05) is 0 Å². The summed E-state index contributed by atoms with van der Waals surface area (Å²) < 4.78 is 15.2. The van der Waals surface area contributed by atoms with Crippen LogP contribution in [0.4, 0.5) is 0 Å². The number of aliphatic carboxylic acids is 1. The quantitative estimate of drug-likeness (QED) is 0.0602. The van der Waals surface area contributed by atoms with E-state index in [0.717, 1.165) is 38.5 Å². The Morgan fingerprint density at radius 2 is 1.33 bits per heavy atom. The first-order chi connectivity index (χ1) is 17.0. The smallest absolute Gasteiger partial charge is 0.470 e. The second kappa shape index (κ2) is 24.2. The molecule has 0 amide bonds. The van der Waals surface area contributed by atoms with Crippen LogP contribution >= 0.6 is 7.82 Å². The normalized spacial score (nSPS) is 14.2. The first-order valence-electron chi connectivity index (χ1n) is 12.8. The fraction of sp³-hybridized carbons (Fsp3) is 0.833. The average Bonchev–Trinajstić information content (AvgIpc) is 2.83. The molecule has 0 aliphatic carbocycles. The molecule has 36 heavy (non-hydrogen) atoms. The van der Waals surface area contributed by atoms with Gasteiger partial charge < -0.3 is 35.9 Å². The van der Waals surface area contributed by atoms with Crippen molar-refractivity contribution in [3.63, 3.8) is 0 Å². The van der Waals surface area contributed by atoms with Crippen LogP contribution in [0.5, 0.6) is 0 Å². The summed E-state index contributed by atoms with van der Waals surface area (Å²) in [7, 11) is -4.92. The van der Waals surface area contributed by atoms with E-state index < -0.39 is 51.0 Å². The summed E-state index contributed by atoms with van der Waals surface area (Å²) in [6.07, 6.45) is 15.9. The Hall–Kier alpha value is -1.17. The Labute approximate surface area is 215 Å². The molecule has 214 valence electrons. The summed E-state index contributed by atoms with van der Waals surface area (Å²) in [6, 6.07) is -1.13. The van der Waals surface area contributed by atoms with Gasteiger partial charge in [0.15, 0.2) is 11.9 Å². The molecule has 8 N–H and O–H groups in total. The number of phosphoric acid groups is 1. The second-order valence-corrected chi connectivity index (χ2v) is 9.89. The number of aliphatic hydroxyl groups excluding tert-OH is 3. The lowest BCUT2D eigenvalue weighted by atomic mass is 10.0. The first-order valence-corrected chi connectivity index (χ1v) is 14.3. The van der Waals surface area contributed by atoms with Gasteiger partial charge in [0.05, 0.1) is 13.2 Å². The lowest BCUT2D eigenvalue weighted by molar-refractivity contribution is -0.139. The van der Waals surface area contributed by atoms with Crippen LogP contribution in [-0.2, 0) is 18.7 Å². The molecule has 0 aromatic rings. The molecule has 0 heterocycles. The van der Waals surface area contributed by atoms with E-state index in [9.17, 15) is 19.3 Å². The largest absolute Gasteiger partial charge is 0.480 e. The van der Waals surface area contributed by atoms with Crippen LogP contribution in [-0.4, -0.2) is 73.4 Å². The number of aliphatic hydroxyl groups is 3. The van der Waals surface area contributed by atoms with Crippen molar-refractivity contribution >= 4 is 19.6 Å². The number of hydrogen-bond acceptors (Lipinski definition) is 8. The maximum absolute atomic E-state index is 12.0. The molecular weight excluding hydrogens is 493 g/mol. The fourth-order valence-electron chi connectivity index (χ4n) is 3.18. The number of carbonyl (C=O) groups excluding carboxylic acids is 1. The lowest BCUT2D eigenvalue weighted by Crippen LogP contribution is -2.38. The van der Waals surface area contributed by atoms with Crippen molar-refractivity contribution in [2.24, 2.45) is 5.73 Å². The summed E-state index contributed by atoms with van der Waals surface area (Å²) in [6.45, 7) is 0.922. The third-order valence-electron chi connectivity index (χ3n) is 5.30. The number of carboxylic acid groups (broad SMARTS) is 1. The Bertz CT molecular complexity index is 626. The highest BCUT2D eigenvalue weighted by molar-refractivity contribution is 7.46. The van der Waals surface area contributed by atoms with Gasteiger partial charge in [0.1, 0.15) is 12.1 Å². The Morgan fingerprint density at radius 3 is 1.72 bits per heavy atom. The predicted octanol–water partition coefficient (Wildman–Crippen LogP) is 2.81. The van der Waals surface area contributed by atoms with Crippen LogP contribution in [0.15, 0.2) is 12.2 Å².